The van der Waals surface area contributed by atoms with E-state index in [9.17, 15) is 0 Å². The molecule has 0 saturated heterocycles. The van der Waals surface area contributed by atoms with Crippen LogP contribution in [0, 0.1) is 0 Å². The quantitative estimate of drug-likeness (QED) is 0.505. The number of benzene rings is 2. The first-order valence-corrected chi connectivity index (χ1v) is 9.49. The second-order valence-electron chi connectivity index (χ2n) is 6.65. The molecule has 0 aliphatic rings. The number of hydrogen-bond donors (Lipinski definition) is 0. The number of nitrogens with zero attached hydrogens (tertiary/aromatic N) is 1. The van der Waals surface area contributed by atoms with Crippen LogP contribution in [0.5, 0.6) is 5.88 Å². The highest BCUT2D eigenvalue weighted by Crippen LogP contribution is 2.27. The number of pyridine rings is 1. The molecular formula is C24H27NO. The van der Waals surface area contributed by atoms with Crippen LogP contribution < -0.4 is 4.74 Å². The summed E-state index contributed by atoms with van der Waals surface area (Å²) in [6, 6.07) is 21.8. The number of aryl methyl sites for hydroxylation is 1. The summed E-state index contributed by atoms with van der Waals surface area (Å²) in [6.07, 6.45) is 4.25. The summed E-state index contributed by atoms with van der Waals surface area (Å²) < 4.78 is 5.42. The number of rotatable bonds is 7. The predicted octanol–water partition coefficient (Wildman–Crippen LogP) is 6.25. The minimum absolute atomic E-state index is 0.305. The normalized spacial score (nSPS) is 12.0. The van der Waals surface area contributed by atoms with Crippen molar-refractivity contribution >= 4 is 0 Å². The second-order valence-corrected chi connectivity index (χ2v) is 6.65. The lowest BCUT2D eigenvalue weighted by Crippen LogP contribution is -1.99. The van der Waals surface area contributed by atoms with Crippen molar-refractivity contribution in [3.05, 3.63) is 83.6 Å². The van der Waals surface area contributed by atoms with Gasteiger partial charge in [0.25, 0.3) is 0 Å². The first-order valence-electron chi connectivity index (χ1n) is 9.49. The van der Waals surface area contributed by atoms with E-state index in [4.69, 9.17) is 4.74 Å². The average molecular weight is 345 g/mol. The van der Waals surface area contributed by atoms with E-state index in [1.807, 2.05) is 19.2 Å². The number of ether oxygens (including phenoxy) is 1. The molecule has 1 heterocycles. The third-order valence-corrected chi connectivity index (χ3v) is 4.79. The SMILES string of the molecule is CCCc1ccc(-c2ccc(C(C)c3ccc(OCC)nc3)cc2)cc1. The lowest BCUT2D eigenvalue weighted by molar-refractivity contribution is 0.326. The molecule has 1 atom stereocenters. The Morgan fingerprint density at radius 2 is 1.42 bits per heavy atom. The van der Waals surface area contributed by atoms with Crippen molar-refractivity contribution in [2.24, 2.45) is 0 Å². The van der Waals surface area contributed by atoms with Gasteiger partial charge in [-0.25, -0.2) is 4.98 Å². The molecular weight excluding hydrogens is 318 g/mol. The minimum atomic E-state index is 0.305. The zero-order chi connectivity index (χ0) is 18.4. The zero-order valence-corrected chi connectivity index (χ0v) is 15.9. The summed E-state index contributed by atoms with van der Waals surface area (Å²) >= 11 is 0. The molecule has 2 heteroatoms. The van der Waals surface area contributed by atoms with Gasteiger partial charge in [0.15, 0.2) is 0 Å². The van der Waals surface area contributed by atoms with Gasteiger partial charge in [-0.1, -0.05) is 74.9 Å². The van der Waals surface area contributed by atoms with E-state index in [0.29, 0.717) is 18.4 Å². The van der Waals surface area contributed by atoms with Crippen molar-refractivity contribution < 1.29 is 4.74 Å². The van der Waals surface area contributed by atoms with Crippen molar-refractivity contribution in [3.63, 3.8) is 0 Å². The average Bonchev–Trinajstić information content (AvgIpc) is 2.69. The van der Waals surface area contributed by atoms with Gasteiger partial charge in [0.2, 0.25) is 5.88 Å². The minimum Gasteiger partial charge on any atom is -0.478 e. The van der Waals surface area contributed by atoms with Gasteiger partial charge >= 0.3 is 0 Å². The van der Waals surface area contributed by atoms with Gasteiger partial charge in [-0.2, -0.15) is 0 Å². The molecule has 0 amide bonds. The highest BCUT2D eigenvalue weighted by atomic mass is 16.5. The van der Waals surface area contributed by atoms with Crippen molar-refractivity contribution in [3.8, 4) is 17.0 Å². The molecule has 3 aromatic rings. The second kappa shape index (κ2) is 8.66. The summed E-state index contributed by atoms with van der Waals surface area (Å²) in [4.78, 5) is 4.38. The Hall–Kier alpha value is -2.61. The Kier molecular flexibility index (Phi) is 6.06. The molecule has 2 nitrogen and oxygen atoms in total. The summed E-state index contributed by atoms with van der Waals surface area (Å²) in [7, 11) is 0. The van der Waals surface area contributed by atoms with Crippen LogP contribution >= 0.6 is 0 Å². The fraction of sp³-hybridized carbons (Fsp3) is 0.292. The molecule has 26 heavy (non-hydrogen) atoms. The maximum Gasteiger partial charge on any atom is 0.213 e. The van der Waals surface area contributed by atoms with Crippen LogP contribution in [0.3, 0.4) is 0 Å². The third-order valence-electron chi connectivity index (χ3n) is 4.79. The van der Waals surface area contributed by atoms with Crippen LogP contribution in [0.4, 0.5) is 0 Å². The van der Waals surface area contributed by atoms with Crippen molar-refractivity contribution in [1.82, 2.24) is 4.98 Å². The molecule has 0 saturated carbocycles. The molecule has 1 aromatic heterocycles. The summed E-state index contributed by atoms with van der Waals surface area (Å²) in [5.74, 6) is 0.990. The molecule has 0 aliphatic heterocycles. The zero-order valence-electron chi connectivity index (χ0n) is 15.9. The van der Waals surface area contributed by atoms with Gasteiger partial charge in [-0.05, 0) is 41.2 Å². The molecule has 1 unspecified atom stereocenters. The predicted molar refractivity (Wildman–Crippen MR) is 109 cm³/mol. The molecule has 0 spiro atoms. The third kappa shape index (κ3) is 4.32. The maximum atomic E-state index is 5.42. The van der Waals surface area contributed by atoms with Crippen LogP contribution in [0.25, 0.3) is 11.1 Å². The molecule has 0 radical (unpaired) electrons. The Morgan fingerprint density at radius 3 is 1.96 bits per heavy atom. The molecule has 0 N–H and O–H groups in total. The molecule has 134 valence electrons. The van der Waals surface area contributed by atoms with Gasteiger partial charge in [-0.3, -0.25) is 0 Å². The molecule has 0 aliphatic carbocycles. The van der Waals surface area contributed by atoms with Crippen molar-refractivity contribution in [2.75, 3.05) is 6.61 Å². The van der Waals surface area contributed by atoms with E-state index in [1.165, 1.54) is 34.2 Å². The van der Waals surface area contributed by atoms with Gasteiger partial charge in [0.1, 0.15) is 0 Å². The van der Waals surface area contributed by atoms with E-state index >= 15 is 0 Å². The van der Waals surface area contributed by atoms with Gasteiger partial charge < -0.3 is 4.74 Å². The largest absolute Gasteiger partial charge is 0.478 e. The summed E-state index contributed by atoms with van der Waals surface area (Å²) in [5, 5.41) is 0. The van der Waals surface area contributed by atoms with Crippen LogP contribution in [0.15, 0.2) is 66.9 Å². The van der Waals surface area contributed by atoms with Gasteiger partial charge in [0, 0.05) is 18.2 Å². The Balaban J connectivity index is 1.73. The highest BCUT2D eigenvalue weighted by molar-refractivity contribution is 5.64. The first kappa shape index (κ1) is 18.2. The number of hydrogen-bond acceptors (Lipinski definition) is 2. The van der Waals surface area contributed by atoms with Crippen LogP contribution in [0.1, 0.15) is 49.8 Å². The smallest absolute Gasteiger partial charge is 0.213 e. The summed E-state index contributed by atoms with van der Waals surface area (Å²) in [6.45, 7) is 7.04. The fourth-order valence-electron chi connectivity index (χ4n) is 3.19. The topological polar surface area (TPSA) is 22.1 Å². The van der Waals surface area contributed by atoms with Crippen LogP contribution in [-0.4, -0.2) is 11.6 Å². The van der Waals surface area contributed by atoms with E-state index in [2.05, 4.69) is 73.4 Å². The number of aromatic nitrogens is 1. The Bertz CT molecular complexity index is 804. The monoisotopic (exact) mass is 345 g/mol. The van der Waals surface area contributed by atoms with Crippen LogP contribution in [0.2, 0.25) is 0 Å². The van der Waals surface area contributed by atoms with Gasteiger partial charge in [-0.15, -0.1) is 0 Å². The summed E-state index contributed by atoms with van der Waals surface area (Å²) in [5.41, 5.74) is 6.43. The Morgan fingerprint density at radius 1 is 0.808 bits per heavy atom. The Labute approximate surface area is 156 Å². The van der Waals surface area contributed by atoms with E-state index in [1.54, 1.807) is 0 Å². The molecule has 3 rings (SSSR count). The standard InChI is InChI=1S/C24H27NO/c1-4-6-19-7-9-21(10-8-19)22-13-11-20(12-14-22)18(3)23-15-16-24(25-17-23)26-5-2/h7-18H,4-6H2,1-3H3. The lowest BCUT2D eigenvalue weighted by Gasteiger charge is -2.13. The van der Waals surface area contributed by atoms with E-state index < -0.39 is 0 Å². The van der Waals surface area contributed by atoms with E-state index in [0.717, 1.165) is 6.42 Å². The fourth-order valence-corrected chi connectivity index (χ4v) is 3.19. The van der Waals surface area contributed by atoms with Gasteiger partial charge in [0.05, 0.1) is 6.61 Å². The van der Waals surface area contributed by atoms with Crippen LogP contribution in [-0.2, 0) is 6.42 Å². The molecule has 0 bridgehead atoms. The first-order chi connectivity index (χ1) is 12.7. The molecule has 2 aromatic carbocycles. The van der Waals surface area contributed by atoms with E-state index in [-0.39, 0.29) is 0 Å². The van der Waals surface area contributed by atoms with Crippen molar-refractivity contribution in [1.29, 1.82) is 0 Å². The molecule has 0 fully saturated rings. The highest BCUT2D eigenvalue weighted by Gasteiger charge is 2.10. The van der Waals surface area contributed by atoms with Crippen molar-refractivity contribution in [2.45, 2.75) is 39.5 Å². The maximum absolute atomic E-state index is 5.42. The lowest BCUT2D eigenvalue weighted by atomic mass is 9.92.